The molecule has 0 fully saturated rings. The molecule has 0 bridgehead atoms. The summed E-state index contributed by atoms with van der Waals surface area (Å²) in [6.45, 7) is 3.51. The third-order valence-electron chi connectivity index (χ3n) is 2.65. The van der Waals surface area contributed by atoms with Crippen LogP contribution in [0, 0.1) is 17.0 Å². The van der Waals surface area contributed by atoms with Crippen LogP contribution in [-0.2, 0) is 0 Å². The summed E-state index contributed by atoms with van der Waals surface area (Å²) in [6, 6.07) is 1.56. The van der Waals surface area contributed by atoms with E-state index in [1.807, 2.05) is 6.92 Å². The van der Waals surface area contributed by atoms with E-state index in [1.54, 1.807) is 6.07 Å². The van der Waals surface area contributed by atoms with Crippen molar-refractivity contribution in [2.75, 3.05) is 18.0 Å². The van der Waals surface area contributed by atoms with Crippen LogP contribution in [0.25, 0.3) is 0 Å². The lowest BCUT2D eigenvalue weighted by atomic mass is 10.2. The fraction of sp³-hybridized carbons (Fsp3) is 0.364. The van der Waals surface area contributed by atoms with Crippen molar-refractivity contribution in [1.82, 2.24) is 4.98 Å². The van der Waals surface area contributed by atoms with E-state index < -0.39 is 4.92 Å². The SMILES string of the molecule is Cc1cc([N+](=O)[O-])cnc1N1CCC=C(Br)C1. The van der Waals surface area contributed by atoms with Crippen LogP contribution in [0.5, 0.6) is 0 Å². The van der Waals surface area contributed by atoms with E-state index >= 15 is 0 Å². The zero-order chi connectivity index (χ0) is 12.4. The van der Waals surface area contributed by atoms with E-state index in [0.29, 0.717) is 0 Å². The standard InChI is InChI=1S/C11H12BrN3O2/c1-8-5-10(15(16)17)6-13-11(8)14-4-2-3-9(12)7-14/h3,5-6H,2,4,7H2,1H3. The highest BCUT2D eigenvalue weighted by molar-refractivity contribution is 9.11. The van der Waals surface area contributed by atoms with Crippen LogP contribution >= 0.6 is 15.9 Å². The van der Waals surface area contributed by atoms with Crippen LogP contribution in [0.4, 0.5) is 11.5 Å². The van der Waals surface area contributed by atoms with Gasteiger partial charge in [-0.15, -0.1) is 0 Å². The van der Waals surface area contributed by atoms with Crippen molar-refractivity contribution in [3.8, 4) is 0 Å². The highest BCUT2D eigenvalue weighted by Gasteiger charge is 2.17. The van der Waals surface area contributed by atoms with Crippen LogP contribution in [-0.4, -0.2) is 23.0 Å². The number of rotatable bonds is 2. The quantitative estimate of drug-likeness (QED) is 0.622. The molecule has 0 aliphatic carbocycles. The van der Waals surface area contributed by atoms with Gasteiger partial charge in [0.05, 0.1) is 11.5 Å². The molecule has 5 nitrogen and oxygen atoms in total. The van der Waals surface area contributed by atoms with Crippen molar-refractivity contribution in [1.29, 1.82) is 0 Å². The molecular weight excluding hydrogens is 286 g/mol. The average Bonchev–Trinajstić information content (AvgIpc) is 2.28. The van der Waals surface area contributed by atoms with Gasteiger partial charge in [0.2, 0.25) is 0 Å². The van der Waals surface area contributed by atoms with Gasteiger partial charge in [-0.2, -0.15) is 0 Å². The second-order valence-corrected chi connectivity index (χ2v) is 4.97. The number of nitrogens with zero attached hydrogens (tertiary/aromatic N) is 3. The molecule has 0 N–H and O–H groups in total. The Morgan fingerprint density at radius 3 is 2.94 bits per heavy atom. The minimum absolute atomic E-state index is 0.0397. The molecule has 0 atom stereocenters. The van der Waals surface area contributed by atoms with Gasteiger partial charge in [0, 0.05) is 17.1 Å². The van der Waals surface area contributed by atoms with Crippen molar-refractivity contribution in [2.45, 2.75) is 13.3 Å². The second kappa shape index (κ2) is 4.83. The first-order chi connectivity index (χ1) is 8.08. The van der Waals surface area contributed by atoms with Gasteiger partial charge >= 0.3 is 0 Å². The van der Waals surface area contributed by atoms with Crippen LogP contribution in [0.3, 0.4) is 0 Å². The molecule has 90 valence electrons. The average molecular weight is 298 g/mol. The van der Waals surface area contributed by atoms with Gasteiger partial charge in [-0.3, -0.25) is 10.1 Å². The highest BCUT2D eigenvalue weighted by Crippen LogP contribution is 2.25. The van der Waals surface area contributed by atoms with Crippen LogP contribution in [0.1, 0.15) is 12.0 Å². The van der Waals surface area contributed by atoms with Crippen molar-refractivity contribution < 1.29 is 4.92 Å². The fourth-order valence-electron chi connectivity index (χ4n) is 1.87. The molecule has 2 heterocycles. The van der Waals surface area contributed by atoms with Gasteiger partial charge in [-0.1, -0.05) is 22.0 Å². The minimum atomic E-state index is -0.421. The Morgan fingerprint density at radius 2 is 2.35 bits per heavy atom. The number of hydrogen-bond acceptors (Lipinski definition) is 4. The minimum Gasteiger partial charge on any atom is -0.351 e. The largest absolute Gasteiger partial charge is 0.351 e. The van der Waals surface area contributed by atoms with Crippen LogP contribution in [0.15, 0.2) is 22.8 Å². The topological polar surface area (TPSA) is 59.3 Å². The maximum absolute atomic E-state index is 10.6. The summed E-state index contributed by atoms with van der Waals surface area (Å²) < 4.78 is 1.13. The predicted octanol–water partition coefficient (Wildman–Crippen LogP) is 2.79. The summed E-state index contributed by atoms with van der Waals surface area (Å²) in [5, 5.41) is 10.6. The van der Waals surface area contributed by atoms with Crippen LogP contribution in [0.2, 0.25) is 0 Å². The number of anilines is 1. The molecular formula is C11H12BrN3O2. The normalized spacial score (nSPS) is 15.6. The first kappa shape index (κ1) is 12.0. The molecule has 0 unspecified atom stereocenters. The molecule has 0 radical (unpaired) electrons. The Labute approximate surface area is 107 Å². The van der Waals surface area contributed by atoms with Gasteiger partial charge in [-0.05, 0) is 18.9 Å². The van der Waals surface area contributed by atoms with Gasteiger partial charge in [-0.25, -0.2) is 4.98 Å². The third kappa shape index (κ3) is 2.63. The summed E-state index contributed by atoms with van der Waals surface area (Å²) in [5.41, 5.74) is 0.874. The van der Waals surface area contributed by atoms with E-state index in [4.69, 9.17) is 0 Å². The summed E-state index contributed by atoms with van der Waals surface area (Å²) in [5.74, 6) is 0.820. The second-order valence-electron chi connectivity index (χ2n) is 3.95. The molecule has 1 aromatic rings. The zero-order valence-corrected chi connectivity index (χ0v) is 11.0. The Balaban J connectivity index is 2.28. The number of halogens is 1. The van der Waals surface area contributed by atoms with Gasteiger partial charge in [0.15, 0.2) is 0 Å². The number of pyridine rings is 1. The van der Waals surface area contributed by atoms with E-state index in [2.05, 4.69) is 31.9 Å². The molecule has 1 aliphatic heterocycles. The van der Waals surface area contributed by atoms with Crippen molar-refractivity contribution in [3.63, 3.8) is 0 Å². The zero-order valence-electron chi connectivity index (χ0n) is 9.39. The number of aromatic nitrogens is 1. The van der Waals surface area contributed by atoms with Crippen LogP contribution < -0.4 is 4.90 Å². The summed E-state index contributed by atoms with van der Waals surface area (Å²) in [4.78, 5) is 16.5. The predicted molar refractivity (Wildman–Crippen MR) is 69.5 cm³/mol. The maximum atomic E-state index is 10.6. The molecule has 0 saturated heterocycles. The Bertz CT molecular complexity index is 488. The first-order valence-corrected chi connectivity index (χ1v) is 6.08. The van der Waals surface area contributed by atoms with E-state index in [0.717, 1.165) is 35.4 Å². The lowest BCUT2D eigenvalue weighted by molar-refractivity contribution is -0.385. The monoisotopic (exact) mass is 297 g/mol. The Kier molecular flexibility index (Phi) is 3.42. The van der Waals surface area contributed by atoms with E-state index in [-0.39, 0.29) is 5.69 Å². The molecule has 0 amide bonds. The van der Waals surface area contributed by atoms with E-state index in [1.165, 1.54) is 6.20 Å². The summed E-state index contributed by atoms with van der Waals surface area (Å²) in [7, 11) is 0. The lowest BCUT2D eigenvalue weighted by Gasteiger charge is -2.27. The molecule has 17 heavy (non-hydrogen) atoms. The van der Waals surface area contributed by atoms with Crippen molar-refractivity contribution in [3.05, 3.63) is 38.5 Å². The Hall–Kier alpha value is -1.43. The van der Waals surface area contributed by atoms with Gasteiger partial charge in [0.1, 0.15) is 12.0 Å². The van der Waals surface area contributed by atoms with Crippen molar-refractivity contribution >= 4 is 27.4 Å². The third-order valence-corrected chi connectivity index (χ3v) is 3.23. The molecule has 1 aliphatic rings. The number of hydrogen-bond donors (Lipinski definition) is 0. The molecule has 0 spiro atoms. The molecule has 2 rings (SSSR count). The Morgan fingerprint density at radius 1 is 1.59 bits per heavy atom. The summed E-state index contributed by atoms with van der Waals surface area (Å²) in [6.07, 6.45) is 4.41. The summed E-state index contributed by atoms with van der Waals surface area (Å²) >= 11 is 3.47. The van der Waals surface area contributed by atoms with Gasteiger partial charge < -0.3 is 4.90 Å². The molecule has 0 aromatic carbocycles. The molecule has 6 heteroatoms. The smallest absolute Gasteiger partial charge is 0.287 e. The van der Waals surface area contributed by atoms with E-state index in [9.17, 15) is 10.1 Å². The van der Waals surface area contributed by atoms with Gasteiger partial charge in [0.25, 0.3) is 5.69 Å². The fourth-order valence-corrected chi connectivity index (χ4v) is 2.40. The first-order valence-electron chi connectivity index (χ1n) is 5.28. The molecule has 0 saturated carbocycles. The number of nitro groups is 1. The maximum Gasteiger partial charge on any atom is 0.287 e. The highest BCUT2D eigenvalue weighted by atomic mass is 79.9. The van der Waals surface area contributed by atoms with Crippen molar-refractivity contribution in [2.24, 2.45) is 0 Å². The number of aryl methyl sites for hydroxylation is 1. The lowest BCUT2D eigenvalue weighted by Crippen LogP contribution is -2.29. The molecule has 1 aromatic heterocycles.